The Kier molecular flexibility index (Phi) is 40.6. The van der Waals surface area contributed by atoms with Gasteiger partial charge in [-0.15, -0.1) is 25.7 Å². The molecule has 4 radical (unpaired) electrons. The van der Waals surface area contributed by atoms with E-state index in [0.29, 0.717) is 0 Å². The van der Waals surface area contributed by atoms with Crippen molar-refractivity contribution >= 4 is 61.0 Å². The van der Waals surface area contributed by atoms with Crippen molar-refractivity contribution in [3.63, 3.8) is 0 Å². The van der Waals surface area contributed by atoms with Crippen LogP contribution in [0.5, 0.6) is 0 Å². The predicted molar refractivity (Wildman–Crippen MR) is 142 cm³/mol. The number of rotatable bonds is 25. The molecule has 0 heterocycles. The van der Waals surface area contributed by atoms with Crippen molar-refractivity contribution in [3.8, 4) is 0 Å². The minimum atomic E-state index is -1.74. The first-order valence-electron chi connectivity index (χ1n) is 13.2. The van der Waals surface area contributed by atoms with Crippen LogP contribution < -0.4 is 0 Å². The van der Waals surface area contributed by atoms with E-state index < -0.39 is 86.3 Å². The Hall–Kier alpha value is -0.0844. The molecule has 0 saturated heterocycles. The van der Waals surface area contributed by atoms with Gasteiger partial charge in [-0.05, 0) is 13.8 Å². The maximum absolute atomic E-state index is 12.8. The van der Waals surface area contributed by atoms with Crippen molar-refractivity contribution in [1.29, 1.82) is 0 Å². The van der Waals surface area contributed by atoms with Crippen LogP contribution in [0.1, 0.15) is 65.2 Å². The quantitative estimate of drug-likeness (QED) is 0.0500. The summed E-state index contributed by atoms with van der Waals surface area (Å²) in [6.07, 6.45) is 3.84. The average Bonchev–Trinajstić information content (AvgIpc) is 3.01. The molecule has 0 aromatic heterocycles. The molecule has 0 bridgehead atoms. The van der Waals surface area contributed by atoms with Crippen molar-refractivity contribution < 1.29 is 207 Å². The molecule has 0 unspecified atom stereocenters. The third-order valence-corrected chi connectivity index (χ3v) is 5.47. The van der Waals surface area contributed by atoms with Crippen LogP contribution in [0.2, 0.25) is 0 Å². The minimum Gasteiger partial charge on any atom is -0.542 e. The fraction of sp³-hybridized carbons (Fsp3) is 0.643. The van der Waals surface area contributed by atoms with E-state index in [1.807, 2.05) is 0 Å². The molecule has 0 fully saturated rings. The van der Waals surface area contributed by atoms with Crippen molar-refractivity contribution in [2.45, 2.75) is 65.2 Å². The van der Waals surface area contributed by atoms with E-state index in [2.05, 4.69) is 0 Å². The van der Waals surface area contributed by atoms with Crippen LogP contribution >= 0.6 is 0 Å². The Morgan fingerprint density at radius 2 is 0.625 bits per heavy atom. The topological polar surface area (TPSA) is 226 Å². The van der Waals surface area contributed by atoms with Crippen molar-refractivity contribution in [1.82, 2.24) is 0 Å². The Morgan fingerprint density at radius 3 is 0.812 bits per heavy atom. The van der Waals surface area contributed by atoms with Crippen molar-refractivity contribution in [2.75, 3.05) is 39.6 Å². The van der Waals surface area contributed by atoms with Gasteiger partial charge < -0.3 is 47.6 Å². The fourth-order valence-electron chi connectivity index (χ4n) is 2.80. The van der Waals surface area contributed by atoms with Gasteiger partial charge in [-0.25, -0.2) is 0 Å². The standard InChI is InChI=1S/C28H34O16.4Y/c1-27(17-41-21(33)7-3-11-29,18-42-22(34)8-4-12-30)25(37)39-15-16-40-26(38)28(2,19-43-23(35)9-5-13-31)20-44-24(36)10-6-14-32;;;;/h3-10,15-20H2,1-2H3;;;;/q-4;;;;. The number of esters is 6. The number of hydrogen-bond donors (Lipinski definition) is 0. The maximum atomic E-state index is 12.8. The largest absolute Gasteiger partial charge is 0.542 e. The van der Waals surface area contributed by atoms with Gasteiger partial charge in [0.1, 0.15) is 50.5 Å². The van der Waals surface area contributed by atoms with Crippen LogP contribution in [-0.4, -0.2) is 101 Å². The van der Waals surface area contributed by atoms with Crippen LogP contribution in [0, 0.1) is 10.8 Å². The molecule has 258 valence electrons. The van der Waals surface area contributed by atoms with Gasteiger partial charge in [0, 0.05) is 157 Å². The molecule has 0 aromatic carbocycles. The summed E-state index contributed by atoms with van der Waals surface area (Å²) in [6, 6.07) is 0. The molecule has 48 heavy (non-hydrogen) atoms. The first kappa shape index (κ1) is 57.3. The van der Waals surface area contributed by atoms with Gasteiger partial charge >= 0.3 is 35.8 Å². The second-order valence-electron chi connectivity index (χ2n) is 9.61. The molecule has 0 saturated carbocycles. The predicted octanol–water partition coefficient (Wildman–Crippen LogP) is -0.192. The third-order valence-electron chi connectivity index (χ3n) is 5.47. The first-order valence-corrected chi connectivity index (χ1v) is 13.2. The maximum Gasteiger partial charge on any atom is 0.318 e. The van der Waals surface area contributed by atoms with E-state index in [-0.39, 0.29) is 182 Å². The van der Waals surface area contributed by atoms with Crippen LogP contribution in [0.15, 0.2) is 0 Å². The zero-order valence-electron chi connectivity index (χ0n) is 26.7. The first-order chi connectivity index (χ1) is 20.9. The third kappa shape index (κ3) is 26.7. The van der Waals surface area contributed by atoms with Crippen LogP contribution in [0.25, 0.3) is 0 Å². The number of carbonyl (C=O) groups is 6. The molecule has 0 amide bonds. The molecule has 16 nitrogen and oxygen atoms in total. The average molecular weight is 982 g/mol. The Bertz CT molecular complexity index is 901. The Labute approximate surface area is 378 Å². The van der Waals surface area contributed by atoms with Gasteiger partial charge in [-0.2, -0.15) is 0 Å². The second kappa shape index (κ2) is 34.0. The van der Waals surface area contributed by atoms with E-state index in [9.17, 15) is 47.9 Å². The Balaban J connectivity index is -0.00000154. The molecule has 0 rings (SSSR count). The Morgan fingerprint density at radius 1 is 0.417 bits per heavy atom. The summed E-state index contributed by atoms with van der Waals surface area (Å²) in [5.74, 6) is -5.39. The van der Waals surface area contributed by atoms with Crippen LogP contribution in [0.4, 0.5) is 0 Å². The minimum absolute atomic E-state index is 0. The smallest absolute Gasteiger partial charge is 0.318 e. The molecule has 0 atom stereocenters. The molecular weight excluding hydrogens is 948 g/mol. The SMILES string of the molecule is CC(COC(=O)CC[C-]=O)(COC(=O)CC[C-]=O)C(=O)OCCOC(=O)C(C)(COC(=O)CC[C-]=O)COC(=O)CC[C-]=O.[Y].[Y].[Y].[Y]. The van der Waals surface area contributed by atoms with Crippen LogP contribution in [-0.2, 0) is 207 Å². The van der Waals surface area contributed by atoms with E-state index in [0.717, 1.165) is 0 Å². The molecule has 0 aliphatic carbocycles. The fourth-order valence-corrected chi connectivity index (χ4v) is 2.80. The molecule has 0 aromatic rings. The van der Waals surface area contributed by atoms with Gasteiger partial charge in [0.15, 0.2) is 0 Å². The zero-order chi connectivity index (χ0) is 33.4. The number of hydrogen-bond acceptors (Lipinski definition) is 16. The summed E-state index contributed by atoms with van der Waals surface area (Å²) in [5.41, 5.74) is -3.47. The summed E-state index contributed by atoms with van der Waals surface area (Å²) >= 11 is 0. The molecular formula is C28H34O16Y4-4. The van der Waals surface area contributed by atoms with Crippen molar-refractivity contribution in [2.24, 2.45) is 10.8 Å². The summed E-state index contributed by atoms with van der Waals surface area (Å²) in [4.78, 5) is 114. The van der Waals surface area contributed by atoms with Crippen molar-refractivity contribution in [3.05, 3.63) is 0 Å². The molecule has 0 N–H and O–H groups in total. The normalized spacial score (nSPS) is 9.96. The second-order valence-corrected chi connectivity index (χ2v) is 9.61. The summed E-state index contributed by atoms with van der Waals surface area (Å²) in [5, 5.41) is 0. The van der Waals surface area contributed by atoms with Gasteiger partial charge in [0.25, 0.3) is 0 Å². The van der Waals surface area contributed by atoms with Gasteiger partial charge in [-0.1, -0.05) is 0 Å². The monoisotopic (exact) mass is 982 g/mol. The molecule has 0 aliphatic heterocycles. The molecule has 0 aliphatic rings. The van der Waals surface area contributed by atoms with Gasteiger partial charge in [0.2, 0.25) is 0 Å². The van der Waals surface area contributed by atoms with E-state index >= 15 is 0 Å². The summed E-state index contributed by atoms with van der Waals surface area (Å²) in [7, 11) is 0. The van der Waals surface area contributed by atoms with Gasteiger partial charge in [0.05, 0.1) is 0 Å². The summed E-state index contributed by atoms with van der Waals surface area (Å²) in [6.45, 7) is -1.04. The molecule has 0 spiro atoms. The van der Waals surface area contributed by atoms with Crippen LogP contribution in [0.3, 0.4) is 0 Å². The number of carbonyl (C=O) groups excluding carboxylic acids is 10. The molecule has 20 heteroatoms. The number of ether oxygens (including phenoxy) is 6. The summed E-state index contributed by atoms with van der Waals surface area (Å²) < 4.78 is 30.2. The van der Waals surface area contributed by atoms with E-state index in [4.69, 9.17) is 28.4 Å². The zero-order valence-corrected chi connectivity index (χ0v) is 38.1. The van der Waals surface area contributed by atoms with E-state index in [1.165, 1.54) is 39.0 Å². The van der Waals surface area contributed by atoms with Gasteiger partial charge in [-0.3, -0.25) is 53.9 Å². The van der Waals surface area contributed by atoms with E-state index in [1.54, 1.807) is 0 Å².